The van der Waals surface area contributed by atoms with Crippen LogP contribution < -0.4 is 5.32 Å². The van der Waals surface area contributed by atoms with Gasteiger partial charge in [0.25, 0.3) is 0 Å². The first-order valence-electron chi connectivity index (χ1n) is 6.48. The maximum absolute atomic E-state index is 4.31. The highest BCUT2D eigenvalue weighted by atomic mass is 15.1. The Hall–Kier alpha value is -1.31. The summed E-state index contributed by atoms with van der Waals surface area (Å²) in [5, 5.41) is 3.37. The van der Waals surface area contributed by atoms with Gasteiger partial charge in [0, 0.05) is 0 Å². The van der Waals surface area contributed by atoms with Gasteiger partial charge in [-0.1, -0.05) is 45.9 Å². The highest BCUT2D eigenvalue weighted by Crippen LogP contribution is 2.33. The normalized spacial score (nSPS) is 19.1. The van der Waals surface area contributed by atoms with Crippen molar-refractivity contribution in [2.45, 2.75) is 45.6 Å². The van der Waals surface area contributed by atoms with Gasteiger partial charge in [0.1, 0.15) is 0 Å². The van der Waals surface area contributed by atoms with Gasteiger partial charge in [-0.2, -0.15) is 0 Å². The lowest BCUT2D eigenvalue weighted by molar-refractivity contribution is 0.668. The summed E-state index contributed by atoms with van der Waals surface area (Å²) in [6.45, 7) is 9.92. The van der Waals surface area contributed by atoms with Crippen LogP contribution in [-0.2, 0) is 0 Å². The number of rotatable bonds is 3. The van der Waals surface area contributed by atoms with Crippen LogP contribution in [0, 0.1) is 0 Å². The average molecular weight is 230 g/mol. The molecule has 0 spiro atoms. The number of nitrogens with zero attached hydrogens (tertiary/aromatic N) is 1. The topological polar surface area (TPSA) is 24.4 Å². The predicted molar refractivity (Wildman–Crippen MR) is 73.9 cm³/mol. The second-order valence-corrected chi connectivity index (χ2v) is 5.37. The summed E-state index contributed by atoms with van der Waals surface area (Å²) in [5.74, 6) is 1.12. The fourth-order valence-corrected chi connectivity index (χ4v) is 2.54. The zero-order chi connectivity index (χ0) is 12.4. The molecule has 0 aliphatic carbocycles. The molecule has 1 aliphatic heterocycles. The molecule has 0 fully saturated rings. The number of hydrogen-bond acceptors (Lipinski definition) is 2. The second-order valence-electron chi connectivity index (χ2n) is 5.37. The third-order valence-corrected chi connectivity index (χ3v) is 3.42. The van der Waals surface area contributed by atoms with Crippen LogP contribution in [0.1, 0.15) is 62.3 Å². The Bertz CT molecular complexity index is 385. The Labute approximate surface area is 104 Å². The van der Waals surface area contributed by atoms with Crippen molar-refractivity contribution in [1.29, 1.82) is 0 Å². The lowest BCUT2D eigenvalue weighted by atomic mass is 9.85. The molecule has 1 heterocycles. The number of aliphatic imine (C=N–C) groups is 1. The zero-order valence-electron chi connectivity index (χ0n) is 11.2. The number of hydrogen-bond donors (Lipinski definition) is 1. The van der Waals surface area contributed by atoms with Gasteiger partial charge in [-0.05, 0) is 28.5 Å². The third-order valence-electron chi connectivity index (χ3n) is 3.42. The van der Waals surface area contributed by atoms with Crippen LogP contribution in [0.5, 0.6) is 0 Å². The van der Waals surface area contributed by atoms with E-state index in [-0.39, 0.29) is 0 Å². The van der Waals surface area contributed by atoms with Crippen LogP contribution in [0.25, 0.3) is 0 Å². The molecule has 2 nitrogen and oxygen atoms in total. The molecule has 2 heteroatoms. The molecule has 1 N–H and O–H groups in total. The van der Waals surface area contributed by atoms with Crippen molar-refractivity contribution < 1.29 is 0 Å². The molecule has 0 saturated heterocycles. The van der Waals surface area contributed by atoms with E-state index in [9.17, 15) is 0 Å². The van der Waals surface area contributed by atoms with E-state index < -0.39 is 0 Å². The summed E-state index contributed by atoms with van der Waals surface area (Å²) < 4.78 is 0. The molecule has 1 aromatic carbocycles. The SMILES string of the molecule is CC(C)c1cccc(C(C)C)c1C1CN=CN1. The zero-order valence-corrected chi connectivity index (χ0v) is 11.2. The monoisotopic (exact) mass is 230 g/mol. The van der Waals surface area contributed by atoms with Crippen molar-refractivity contribution in [3.8, 4) is 0 Å². The molecule has 1 atom stereocenters. The molecule has 2 rings (SSSR count). The van der Waals surface area contributed by atoms with Crippen LogP contribution in [0.4, 0.5) is 0 Å². The summed E-state index contributed by atoms with van der Waals surface area (Å²) in [6, 6.07) is 7.06. The van der Waals surface area contributed by atoms with E-state index in [1.54, 1.807) is 0 Å². The van der Waals surface area contributed by atoms with Crippen LogP contribution in [0.15, 0.2) is 23.2 Å². The molecule has 1 aromatic rings. The molecule has 1 unspecified atom stereocenters. The highest BCUT2D eigenvalue weighted by Gasteiger charge is 2.22. The minimum absolute atomic E-state index is 0.367. The first-order chi connectivity index (χ1) is 8.11. The van der Waals surface area contributed by atoms with Crippen LogP contribution in [0.3, 0.4) is 0 Å². The molecule has 17 heavy (non-hydrogen) atoms. The molecule has 0 aromatic heterocycles. The minimum atomic E-state index is 0.367. The average Bonchev–Trinajstić information content (AvgIpc) is 2.80. The molecule has 0 radical (unpaired) electrons. The lowest BCUT2D eigenvalue weighted by Gasteiger charge is -2.23. The first kappa shape index (κ1) is 12.2. The van der Waals surface area contributed by atoms with Gasteiger partial charge < -0.3 is 5.32 Å². The standard InChI is InChI=1S/C15H22N2/c1-10(2)12-6-5-7-13(11(3)4)15(12)14-8-16-9-17-14/h5-7,9-11,14H,8H2,1-4H3,(H,16,17). The number of benzene rings is 1. The maximum atomic E-state index is 4.31. The fraction of sp³-hybridized carbons (Fsp3) is 0.533. The summed E-state index contributed by atoms with van der Waals surface area (Å²) >= 11 is 0. The van der Waals surface area contributed by atoms with E-state index in [2.05, 4.69) is 56.2 Å². The van der Waals surface area contributed by atoms with Gasteiger partial charge in [0.15, 0.2) is 0 Å². The van der Waals surface area contributed by atoms with Crippen molar-refractivity contribution in [1.82, 2.24) is 5.32 Å². The minimum Gasteiger partial charge on any atom is -0.368 e. The van der Waals surface area contributed by atoms with E-state index in [1.165, 1.54) is 16.7 Å². The Morgan fingerprint density at radius 3 is 2.12 bits per heavy atom. The van der Waals surface area contributed by atoms with Gasteiger partial charge >= 0.3 is 0 Å². The van der Waals surface area contributed by atoms with E-state index in [1.807, 2.05) is 6.34 Å². The smallest absolute Gasteiger partial charge is 0.0830 e. The van der Waals surface area contributed by atoms with Crippen LogP contribution in [-0.4, -0.2) is 12.9 Å². The van der Waals surface area contributed by atoms with Crippen molar-refractivity contribution in [2.75, 3.05) is 6.54 Å². The van der Waals surface area contributed by atoms with Crippen molar-refractivity contribution in [2.24, 2.45) is 4.99 Å². The largest absolute Gasteiger partial charge is 0.368 e. The molecule has 0 saturated carbocycles. The Kier molecular flexibility index (Phi) is 3.51. The van der Waals surface area contributed by atoms with Gasteiger partial charge in [-0.25, -0.2) is 0 Å². The van der Waals surface area contributed by atoms with E-state index in [4.69, 9.17) is 0 Å². The Morgan fingerprint density at radius 2 is 1.71 bits per heavy atom. The fourth-order valence-electron chi connectivity index (χ4n) is 2.54. The van der Waals surface area contributed by atoms with Crippen molar-refractivity contribution in [3.05, 3.63) is 34.9 Å². The predicted octanol–water partition coefficient (Wildman–Crippen LogP) is 3.61. The van der Waals surface area contributed by atoms with E-state index in [0.29, 0.717) is 17.9 Å². The van der Waals surface area contributed by atoms with Gasteiger partial charge in [0.2, 0.25) is 0 Å². The van der Waals surface area contributed by atoms with E-state index in [0.717, 1.165) is 6.54 Å². The molecular weight excluding hydrogens is 208 g/mol. The summed E-state index contributed by atoms with van der Waals surface area (Å²) in [5.41, 5.74) is 4.38. The van der Waals surface area contributed by atoms with Crippen molar-refractivity contribution >= 4 is 6.34 Å². The number of nitrogens with one attached hydrogen (secondary N) is 1. The molecule has 0 amide bonds. The maximum Gasteiger partial charge on any atom is 0.0830 e. The summed E-state index contributed by atoms with van der Waals surface area (Å²) in [6.07, 6.45) is 1.84. The molecule has 1 aliphatic rings. The van der Waals surface area contributed by atoms with Gasteiger partial charge in [-0.15, -0.1) is 0 Å². The van der Waals surface area contributed by atoms with Gasteiger partial charge in [0.05, 0.1) is 18.9 Å². The van der Waals surface area contributed by atoms with E-state index >= 15 is 0 Å². The Balaban J connectivity index is 2.49. The summed E-state index contributed by atoms with van der Waals surface area (Å²) in [7, 11) is 0. The molecule has 0 bridgehead atoms. The third kappa shape index (κ3) is 2.36. The van der Waals surface area contributed by atoms with Crippen molar-refractivity contribution in [3.63, 3.8) is 0 Å². The quantitative estimate of drug-likeness (QED) is 0.843. The van der Waals surface area contributed by atoms with Crippen LogP contribution >= 0.6 is 0 Å². The first-order valence-corrected chi connectivity index (χ1v) is 6.48. The highest BCUT2D eigenvalue weighted by molar-refractivity contribution is 5.59. The second kappa shape index (κ2) is 4.91. The molecular formula is C15H22N2. The summed E-state index contributed by atoms with van der Waals surface area (Å²) in [4.78, 5) is 4.31. The van der Waals surface area contributed by atoms with Crippen LogP contribution in [0.2, 0.25) is 0 Å². The molecule has 92 valence electrons. The Morgan fingerprint density at radius 1 is 1.12 bits per heavy atom. The lowest BCUT2D eigenvalue weighted by Crippen LogP contribution is -2.20. The van der Waals surface area contributed by atoms with Gasteiger partial charge in [-0.3, -0.25) is 4.99 Å².